The van der Waals surface area contributed by atoms with Crippen molar-refractivity contribution in [3.05, 3.63) is 35.7 Å². The average molecular weight is 247 g/mol. The number of hydrogen-bond acceptors (Lipinski definition) is 5. The lowest BCUT2D eigenvalue weighted by atomic mass is 10.1. The topological polar surface area (TPSA) is 98.5 Å². The second-order valence-corrected chi connectivity index (χ2v) is 3.79. The van der Waals surface area contributed by atoms with Crippen molar-refractivity contribution in [1.29, 1.82) is 0 Å². The van der Waals surface area contributed by atoms with Gasteiger partial charge in [0.1, 0.15) is 12.1 Å². The lowest BCUT2D eigenvalue weighted by molar-refractivity contribution is 0.318. The zero-order valence-corrected chi connectivity index (χ0v) is 10.0. The summed E-state index contributed by atoms with van der Waals surface area (Å²) in [5.74, 6) is 0.414. The number of oxime groups is 1. The second kappa shape index (κ2) is 4.74. The van der Waals surface area contributed by atoms with Crippen molar-refractivity contribution in [2.24, 2.45) is 17.9 Å². The number of aromatic nitrogens is 3. The summed E-state index contributed by atoms with van der Waals surface area (Å²) in [5.41, 5.74) is 7.04. The lowest BCUT2D eigenvalue weighted by Crippen LogP contribution is -2.14. The van der Waals surface area contributed by atoms with Crippen LogP contribution in [0.1, 0.15) is 11.1 Å². The predicted octanol–water partition coefficient (Wildman–Crippen LogP) is 1.01. The van der Waals surface area contributed by atoms with E-state index in [9.17, 15) is 0 Å². The third kappa shape index (κ3) is 2.40. The van der Waals surface area contributed by atoms with E-state index in [4.69, 9.17) is 15.7 Å². The number of ether oxygens (including phenoxy) is 1. The van der Waals surface area contributed by atoms with Crippen molar-refractivity contribution in [3.63, 3.8) is 0 Å². The van der Waals surface area contributed by atoms with E-state index >= 15 is 0 Å². The van der Waals surface area contributed by atoms with Crippen molar-refractivity contribution in [3.8, 4) is 11.8 Å². The quantitative estimate of drug-likeness (QED) is 0.365. The molecule has 0 saturated heterocycles. The summed E-state index contributed by atoms with van der Waals surface area (Å²) < 4.78 is 7.04. The monoisotopic (exact) mass is 247 g/mol. The minimum absolute atomic E-state index is 0.0269. The van der Waals surface area contributed by atoms with Crippen molar-refractivity contribution in [2.45, 2.75) is 6.92 Å². The maximum atomic E-state index is 8.72. The normalized spacial score (nSPS) is 11.6. The molecule has 7 nitrogen and oxygen atoms in total. The van der Waals surface area contributed by atoms with Crippen molar-refractivity contribution in [1.82, 2.24) is 14.8 Å². The van der Waals surface area contributed by atoms with Crippen LogP contribution in [0.15, 0.2) is 29.7 Å². The molecular weight excluding hydrogens is 234 g/mol. The molecule has 0 bridgehead atoms. The van der Waals surface area contributed by atoms with E-state index in [0.717, 1.165) is 5.56 Å². The highest BCUT2D eigenvalue weighted by atomic mass is 16.5. The van der Waals surface area contributed by atoms with Crippen LogP contribution < -0.4 is 10.5 Å². The van der Waals surface area contributed by atoms with Gasteiger partial charge in [-0.2, -0.15) is 4.98 Å². The molecule has 0 amide bonds. The maximum Gasteiger partial charge on any atom is 0.341 e. The van der Waals surface area contributed by atoms with E-state index in [0.29, 0.717) is 11.3 Å². The Balaban J connectivity index is 2.39. The third-order valence-corrected chi connectivity index (χ3v) is 2.30. The van der Waals surface area contributed by atoms with Crippen LogP contribution in [0.4, 0.5) is 0 Å². The molecule has 7 heteroatoms. The fourth-order valence-corrected chi connectivity index (χ4v) is 1.44. The Hall–Kier alpha value is -2.57. The van der Waals surface area contributed by atoms with Gasteiger partial charge < -0.3 is 15.7 Å². The molecule has 1 aromatic heterocycles. The van der Waals surface area contributed by atoms with Gasteiger partial charge in [0.15, 0.2) is 5.84 Å². The van der Waals surface area contributed by atoms with Crippen LogP contribution in [0.25, 0.3) is 0 Å². The molecule has 0 radical (unpaired) electrons. The molecule has 3 N–H and O–H groups in total. The highest BCUT2D eigenvalue weighted by Crippen LogP contribution is 2.24. The molecule has 2 rings (SSSR count). The van der Waals surface area contributed by atoms with Crippen molar-refractivity contribution in [2.75, 3.05) is 0 Å². The van der Waals surface area contributed by atoms with Gasteiger partial charge in [-0.05, 0) is 24.6 Å². The van der Waals surface area contributed by atoms with Gasteiger partial charge in [0, 0.05) is 7.05 Å². The molecule has 1 aromatic carbocycles. The van der Waals surface area contributed by atoms with Gasteiger partial charge in [0.2, 0.25) is 0 Å². The average Bonchev–Trinajstić information content (AvgIpc) is 2.74. The third-order valence-electron chi connectivity index (χ3n) is 2.30. The Morgan fingerprint density at radius 3 is 2.89 bits per heavy atom. The zero-order valence-electron chi connectivity index (χ0n) is 10.0. The van der Waals surface area contributed by atoms with Crippen LogP contribution in [0.5, 0.6) is 11.8 Å². The first-order chi connectivity index (χ1) is 8.60. The van der Waals surface area contributed by atoms with Crippen LogP contribution in [0, 0.1) is 6.92 Å². The first-order valence-electron chi connectivity index (χ1n) is 5.22. The molecule has 0 spiro atoms. The summed E-state index contributed by atoms with van der Waals surface area (Å²) in [5, 5.41) is 15.7. The molecular formula is C11H13N5O2. The number of aryl methyl sites for hydroxylation is 2. The molecule has 0 aliphatic carbocycles. The van der Waals surface area contributed by atoms with E-state index in [1.807, 2.05) is 13.0 Å². The van der Waals surface area contributed by atoms with E-state index in [2.05, 4.69) is 15.2 Å². The fraction of sp³-hybridized carbons (Fsp3) is 0.182. The molecule has 94 valence electrons. The number of benzene rings is 1. The Kier molecular flexibility index (Phi) is 3.13. The molecule has 1 heterocycles. The second-order valence-electron chi connectivity index (χ2n) is 3.79. The summed E-state index contributed by atoms with van der Waals surface area (Å²) >= 11 is 0. The van der Waals surface area contributed by atoms with E-state index in [-0.39, 0.29) is 11.8 Å². The SMILES string of the molecule is Cc1ccc(/C(N)=N/O)c(Oc2ncn(C)n2)c1. The van der Waals surface area contributed by atoms with Gasteiger partial charge in [-0.3, -0.25) is 4.68 Å². The lowest BCUT2D eigenvalue weighted by Gasteiger charge is -2.08. The van der Waals surface area contributed by atoms with Crippen LogP contribution in [0.2, 0.25) is 0 Å². The smallest absolute Gasteiger partial charge is 0.341 e. The number of nitrogens with two attached hydrogens (primary N) is 1. The van der Waals surface area contributed by atoms with E-state index in [1.165, 1.54) is 11.0 Å². The first kappa shape index (κ1) is 11.9. The van der Waals surface area contributed by atoms with Crippen LogP contribution in [0.3, 0.4) is 0 Å². The van der Waals surface area contributed by atoms with Crippen LogP contribution in [-0.2, 0) is 7.05 Å². The minimum Gasteiger partial charge on any atom is -0.422 e. The van der Waals surface area contributed by atoms with Gasteiger partial charge in [0.25, 0.3) is 0 Å². The highest BCUT2D eigenvalue weighted by molar-refractivity contribution is 5.99. The number of amidine groups is 1. The minimum atomic E-state index is -0.0269. The summed E-state index contributed by atoms with van der Waals surface area (Å²) in [7, 11) is 1.74. The predicted molar refractivity (Wildman–Crippen MR) is 64.8 cm³/mol. The standard InChI is InChI=1S/C11H13N5O2/c1-7-3-4-8(10(12)15-17)9(5-7)18-11-13-6-16(2)14-11/h3-6,17H,1-2H3,(H2,12,15). The molecule has 0 unspecified atom stereocenters. The van der Waals surface area contributed by atoms with Gasteiger partial charge in [-0.25, -0.2) is 0 Å². The van der Waals surface area contributed by atoms with Gasteiger partial charge in [-0.15, -0.1) is 5.10 Å². The van der Waals surface area contributed by atoms with Crippen molar-refractivity contribution >= 4 is 5.84 Å². The van der Waals surface area contributed by atoms with Gasteiger partial charge in [0.05, 0.1) is 5.56 Å². The van der Waals surface area contributed by atoms with Crippen LogP contribution in [-0.4, -0.2) is 25.8 Å². The fourth-order valence-electron chi connectivity index (χ4n) is 1.44. The number of rotatable bonds is 3. The molecule has 2 aromatic rings. The Bertz CT molecular complexity index is 591. The maximum absolute atomic E-state index is 8.72. The van der Waals surface area contributed by atoms with E-state index in [1.54, 1.807) is 19.2 Å². The van der Waals surface area contributed by atoms with E-state index < -0.39 is 0 Å². The van der Waals surface area contributed by atoms with Gasteiger partial charge in [-0.1, -0.05) is 11.2 Å². The first-order valence-corrected chi connectivity index (χ1v) is 5.22. The Morgan fingerprint density at radius 2 is 2.28 bits per heavy atom. The molecule has 0 atom stereocenters. The molecule has 18 heavy (non-hydrogen) atoms. The Labute approximate surface area is 104 Å². The molecule has 0 fully saturated rings. The summed E-state index contributed by atoms with van der Waals surface area (Å²) in [6, 6.07) is 5.52. The zero-order chi connectivity index (χ0) is 13.1. The van der Waals surface area contributed by atoms with Crippen molar-refractivity contribution < 1.29 is 9.94 Å². The Morgan fingerprint density at radius 1 is 1.50 bits per heavy atom. The van der Waals surface area contributed by atoms with Crippen LogP contribution >= 0.6 is 0 Å². The molecule has 0 aliphatic heterocycles. The number of hydrogen-bond donors (Lipinski definition) is 2. The largest absolute Gasteiger partial charge is 0.422 e. The molecule has 0 saturated carbocycles. The summed E-state index contributed by atoms with van der Waals surface area (Å²) in [6.45, 7) is 1.91. The highest BCUT2D eigenvalue weighted by Gasteiger charge is 2.11. The summed E-state index contributed by atoms with van der Waals surface area (Å²) in [4.78, 5) is 3.95. The summed E-state index contributed by atoms with van der Waals surface area (Å²) in [6.07, 6.45) is 1.52. The number of nitrogens with zero attached hydrogens (tertiary/aromatic N) is 4. The molecule has 0 aliphatic rings. The van der Waals surface area contributed by atoms with Gasteiger partial charge >= 0.3 is 6.01 Å².